The number of carboxylic acids is 1. The Balaban J connectivity index is 3.30. The fourth-order valence-corrected chi connectivity index (χ4v) is 1.57. The number of halogens is 1. The number of benzene rings is 1. The average molecular weight is 246 g/mol. The highest BCUT2D eigenvalue weighted by Crippen LogP contribution is 2.33. The van der Waals surface area contributed by atoms with Crippen LogP contribution in [0.15, 0.2) is 12.1 Å². The van der Waals surface area contributed by atoms with E-state index >= 15 is 0 Å². The molecule has 16 heavy (non-hydrogen) atoms. The van der Waals surface area contributed by atoms with E-state index in [1.807, 2.05) is 0 Å². The van der Waals surface area contributed by atoms with Gasteiger partial charge in [0.25, 0.3) is 5.69 Å². The average Bonchev–Trinajstić information content (AvgIpc) is 2.16. The summed E-state index contributed by atoms with van der Waals surface area (Å²) >= 11 is 5.74. The molecule has 0 amide bonds. The van der Waals surface area contributed by atoms with Crippen LogP contribution in [0.2, 0.25) is 5.02 Å². The standard InChI is InChI=1S/C9H8ClNO5/c1-16-9-5(3-8(12)13)2-6(11(14)15)4-7(9)10/h2,4H,3H2,1H3,(H,12,13). The van der Waals surface area contributed by atoms with Crippen molar-refractivity contribution in [3.05, 3.63) is 32.8 Å². The first-order chi connectivity index (χ1) is 7.45. The molecule has 1 aromatic rings. The van der Waals surface area contributed by atoms with Crippen LogP contribution in [0.5, 0.6) is 5.75 Å². The topological polar surface area (TPSA) is 89.7 Å². The highest BCUT2D eigenvalue weighted by Gasteiger charge is 2.17. The van der Waals surface area contributed by atoms with Crippen molar-refractivity contribution < 1.29 is 19.6 Å². The number of aliphatic carboxylic acids is 1. The van der Waals surface area contributed by atoms with Crippen LogP contribution in [0.4, 0.5) is 5.69 Å². The van der Waals surface area contributed by atoms with Gasteiger partial charge in [-0.2, -0.15) is 0 Å². The Morgan fingerprint density at radius 1 is 1.62 bits per heavy atom. The van der Waals surface area contributed by atoms with Gasteiger partial charge in [0.15, 0.2) is 0 Å². The molecule has 0 fully saturated rings. The first kappa shape index (κ1) is 12.3. The summed E-state index contributed by atoms with van der Waals surface area (Å²) in [6, 6.07) is 2.25. The van der Waals surface area contributed by atoms with Gasteiger partial charge in [-0.1, -0.05) is 11.6 Å². The molecule has 6 nitrogen and oxygen atoms in total. The van der Waals surface area contributed by atoms with Gasteiger partial charge in [-0.25, -0.2) is 0 Å². The minimum atomic E-state index is -1.12. The second-order valence-corrected chi connectivity index (χ2v) is 3.35. The predicted octanol–water partition coefficient (Wildman–Crippen LogP) is 1.88. The lowest BCUT2D eigenvalue weighted by molar-refractivity contribution is -0.384. The largest absolute Gasteiger partial charge is 0.495 e. The molecule has 0 saturated carbocycles. The van der Waals surface area contributed by atoms with Crippen molar-refractivity contribution in [2.75, 3.05) is 7.11 Å². The molecular formula is C9H8ClNO5. The SMILES string of the molecule is COc1c(Cl)cc([N+](=O)[O-])cc1CC(=O)O. The van der Waals surface area contributed by atoms with Gasteiger partial charge in [-0.05, 0) is 0 Å². The number of nitro benzene ring substituents is 1. The second kappa shape index (κ2) is 4.80. The number of methoxy groups -OCH3 is 1. The van der Waals surface area contributed by atoms with E-state index < -0.39 is 10.9 Å². The van der Waals surface area contributed by atoms with Gasteiger partial charge in [-0.3, -0.25) is 14.9 Å². The Kier molecular flexibility index (Phi) is 3.68. The quantitative estimate of drug-likeness (QED) is 0.646. The Labute approximate surface area is 95.6 Å². The number of hydrogen-bond donors (Lipinski definition) is 1. The van der Waals surface area contributed by atoms with Crippen LogP contribution in [0.25, 0.3) is 0 Å². The van der Waals surface area contributed by atoms with E-state index in [0.29, 0.717) is 0 Å². The molecule has 0 aromatic heterocycles. The lowest BCUT2D eigenvalue weighted by Gasteiger charge is -2.08. The maximum absolute atomic E-state index is 10.6. The zero-order chi connectivity index (χ0) is 12.3. The van der Waals surface area contributed by atoms with Crippen molar-refractivity contribution in [2.24, 2.45) is 0 Å². The van der Waals surface area contributed by atoms with Crippen LogP contribution < -0.4 is 4.74 Å². The third-order valence-corrected chi connectivity index (χ3v) is 2.14. The van der Waals surface area contributed by atoms with Crippen molar-refractivity contribution in [1.82, 2.24) is 0 Å². The molecule has 0 aliphatic carbocycles. The van der Waals surface area contributed by atoms with E-state index in [0.717, 1.165) is 12.1 Å². The number of ether oxygens (including phenoxy) is 1. The Hall–Kier alpha value is -1.82. The number of non-ortho nitro benzene ring substituents is 1. The van der Waals surface area contributed by atoms with Gasteiger partial charge >= 0.3 is 5.97 Å². The molecule has 0 aliphatic heterocycles. The molecule has 1 N–H and O–H groups in total. The lowest BCUT2D eigenvalue weighted by Crippen LogP contribution is -2.03. The number of nitro groups is 1. The van der Waals surface area contributed by atoms with Crippen molar-refractivity contribution in [1.29, 1.82) is 0 Å². The number of nitrogens with zero attached hydrogens (tertiary/aromatic N) is 1. The monoisotopic (exact) mass is 245 g/mol. The molecule has 7 heteroatoms. The van der Waals surface area contributed by atoms with Crippen molar-refractivity contribution >= 4 is 23.3 Å². The minimum absolute atomic E-state index is 0.0213. The van der Waals surface area contributed by atoms with Crippen LogP contribution >= 0.6 is 11.6 Å². The van der Waals surface area contributed by atoms with E-state index in [-0.39, 0.29) is 28.4 Å². The second-order valence-electron chi connectivity index (χ2n) is 2.95. The molecule has 0 bridgehead atoms. The molecule has 86 valence electrons. The van der Waals surface area contributed by atoms with Crippen molar-refractivity contribution in [2.45, 2.75) is 6.42 Å². The smallest absolute Gasteiger partial charge is 0.307 e. The van der Waals surface area contributed by atoms with E-state index in [1.165, 1.54) is 7.11 Å². The van der Waals surface area contributed by atoms with Gasteiger partial charge in [0.2, 0.25) is 0 Å². The normalized spacial score (nSPS) is 9.88. The molecule has 0 aliphatic rings. The third-order valence-electron chi connectivity index (χ3n) is 1.86. The van der Waals surface area contributed by atoms with Crippen molar-refractivity contribution in [3.8, 4) is 5.75 Å². The molecule has 0 saturated heterocycles. The Morgan fingerprint density at radius 3 is 2.69 bits per heavy atom. The van der Waals surface area contributed by atoms with Gasteiger partial charge < -0.3 is 9.84 Å². The maximum atomic E-state index is 10.6. The maximum Gasteiger partial charge on any atom is 0.307 e. The number of carboxylic acid groups (broad SMARTS) is 1. The summed E-state index contributed by atoms with van der Waals surface area (Å²) in [5.74, 6) is -0.968. The third kappa shape index (κ3) is 2.60. The zero-order valence-electron chi connectivity index (χ0n) is 8.27. The fraction of sp³-hybridized carbons (Fsp3) is 0.222. The zero-order valence-corrected chi connectivity index (χ0v) is 9.02. The first-order valence-electron chi connectivity index (χ1n) is 4.18. The fourth-order valence-electron chi connectivity index (χ4n) is 1.26. The molecule has 0 unspecified atom stereocenters. The summed E-state index contributed by atoms with van der Waals surface area (Å²) in [5.41, 5.74) is -0.0868. The van der Waals surface area contributed by atoms with Crippen LogP contribution in [0, 0.1) is 10.1 Å². The molecule has 0 spiro atoms. The number of rotatable bonds is 4. The van der Waals surface area contributed by atoms with Crippen LogP contribution in [0.1, 0.15) is 5.56 Å². The van der Waals surface area contributed by atoms with E-state index in [9.17, 15) is 14.9 Å². The van der Waals surface area contributed by atoms with Gasteiger partial charge in [0.05, 0.1) is 23.5 Å². The molecular weight excluding hydrogens is 238 g/mol. The highest BCUT2D eigenvalue weighted by molar-refractivity contribution is 6.32. The first-order valence-corrected chi connectivity index (χ1v) is 4.56. The highest BCUT2D eigenvalue weighted by atomic mass is 35.5. The summed E-state index contributed by atoms with van der Waals surface area (Å²) in [4.78, 5) is 20.5. The molecule has 0 radical (unpaired) electrons. The molecule has 1 rings (SSSR count). The molecule has 1 aromatic carbocycles. The van der Waals surface area contributed by atoms with Gasteiger partial charge in [-0.15, -0.1) is 0 Å². The summed E-state index contributed by atoms with van der Waals surface area (Å²) in [7, 11) is 1.32. The number of carbonyl (C=O) groups is 1. The summed E-state index contributed by atoms with van der Waals surface area (Å²) in [6.07, 6.45) is -0.384. The minimum Gasteiger partial charge on any atom is -0.495 e. The van der Waals surface area contributed by atoms with Crippen LogP contribution in [-0.4, -0.2) is 23.1 Å². The summed E-state index contributed by atoms with van der Waals surface area (Å²) in [6.45, 7) is 0. The number of hydrogen-bond acceptors (Lipinski definition) is 4. The molecule has 0 heterocycles. The van der Waals surface area contributed by atoms with Gasteiger partial charge in [0, 0.05) is 17.7 Å². The van der Waals surface area contributed by atoms with E-state index in [4.69, 9.17) is 21.4 Å². The molecule has 0 atom stereocenters. The Morgan fingerprint density at radius 2 is 2.25 bits per heavy atom. The summed E-state index contributed by atoms with van der Waals surface area (Å²) in [5, 5.41) is 19.2. The van der Waals surface area contributed by atoms with Crippen LogP contribution in [0.3, 0.4) is 0 Å². The van der Waals surface area contributed by atoms with Crippen LogP contribution in [-0.2, 0) is 11.2 Å². The summed E-state index contributed by atoms with van der Waals surface area (Å²) < 4.78 is 4.89. The Bertz CT molecular complexity index is 446. The predicted molar refractivity (Wildman–Crippen MR) is 56.0 cm³/mol. The lowest BCUT2D eigenvalue weighted by atomic mass is 10.1. The van der Waals surface area contributed by atoms with E-state index in [1.54, 1.807) is 0 Å². The van der Waals surface area contributed by atoms with Crippen molar-refractivity contribution in [3.63, 3.8) is 0 Å². The van der Waals surface area contributed by atoms with Gasteiger partial charge in [0.1, 0.15) is 5.75 Å². The van der Waals surface area contributed by atoms with E-state index in [2.05, 4.69) is 0 Å².